The van der Waals surface area contributed by atoms with Crippen molar-refractivity contribution in [3.8, 4) is 0 Å². The van der Waals surface area contributed by atoms with Crippen molar-refractivity contribution >= 4 is 11.8 Å². The van der Waals surface area contributed by atoms with Gasteiger partial charge in [-0.2, -0.15) is 13.2 Å². The lowest BCUT2D eigenvalue weighted by Crippen LogP contribution is -2.49. The van der Waals surface area contributed by atoms with E-state index in [1.807, 2.05) is 13.8 Å². The number of rotatable bonds is 6. The average Bonchev–Trinajstić information content (AvgIpc) is 2.54. The number of carbonyl (C=O) groups excluding carboxylic acids is 2. The first-order valence-electron chi connectivity index (χ1n) is 8.04. The molecule has 8 heteroatoms. The molecule has 0 aromatic rings. The van der Waals surface area contributed by atoms with Gasteiger partial charge in [0.1, 0.15) is 0 Å². The largest absolute Gasteiger partial charge is 0.471 e. The van der Waals surface area contributed by atoms with Gasteiger partial charge in [0.15, 0.2) is 0 Å². The topological polar surface area (TPSA) is 75.4 Å². The molecule has 134 valence electrons. The van der Waals surface area contributed by atoms with Crippen molar-refractivity contribution in [2.24, 2.45) is 17.1 Å². The van der Waals surface area contributed by atoms with E-state index >= 15 is 0 Å². The number of likely N-dealkylation sites (tertiary alicyclic amines) is 1. The standard InChI is InChI=1S/C15H26F3N3O2/c1-3-14(4-2,10-19)12(22)20-9-11-5-7-21(8-6-11)13(23)15(16,17)18/h11H,3-10,19H2,1-2H3,(H,20,22). The number of nitrogens with zero attached hydrogens (tertiary/aromatic N) is 1. The van der Waals surface area contributed by atoms with Crippen LogP contribution in [0.2, 0.25) is 0 Å². The molecule has 0 aromatic heterocycles. The highest BCUT2D eigenvalue weighted by molar-refractivity contribution is 5.83. The Bertz CT molecular complexity index is 406. The molecule has 0 spiro atoms. The molecule has 1 heterocycles. The number of hydrogen-bond donors (Lipinski definition) is 2. The van der Waals surface area contributed by atoms with Crippen molar-refractivity contribution in [2.75, 3.05) is 26.2 Å². The summed E-state index contributed by atoms with van der Waals surface area (Å²) < 4.78 is 37.1. The molecule has 0 unspecified atom stereocenters. The lowest BCUT2D eigenvalue weighted by Gasteiger charge is -2.34. The van der Waals surface area contributed by atoms with Gasteiger partial charge in [0.25, 0.3) is 0 Å². The maximum absolute atomic E-state index is 12.4. The van der Waals surface area contributed by atoms with Gasteiger partial charge in [-0.1, -0.05) is 13.8 Å². The summed E-state index contributed by atoms with van der Waals surface area (Å²) in [5.74, 6) is -1.79. The van der Waals surface area contributed by atoms with Crippen LogP contribution in [-0.2, 0) is 9.59 Å². The van der Waals surface area contributed by atoms with Gasteiger partial charge in [0.05, 0.1) is 5.41 Å². The SMILES string of the molecule is CCC(CC)(CN)C(=O)NCC1CCN(C(=O)C(F)(F)F)CC1. The van der Waals surface area contributed by atoms with E-state index in [2.05, 4.69) is 5.32 Å². The van der Waals surface area contributed by atoms with Crippen molar-refractivity contribution in [3.05, 3.63) is 0 Å². The summed E-state index contributed by atoms with van der Waals surface area (Å²) in [6.07, 6.45) is -2.62. The third kappa shape index (κ3) is 4.83. The minimum Gasteiger partial charge on any atom is -0.355 e. The van der Waals surface area contributed by atoms with Gasteiger partial charge in [-0.05, 0) is 31.6 Å². The minimum absolute atomic E-state index is 0.0719. The molecule has 1 fully saturated rings. The normalized spacial score (nSPS) is 17.2. The number of halogens is 3. The minimum atomic E-state index is -4.82. The van der Waals surface area contributed by atoms with Crippen LogP contribution in [-0.4, -0.2) is 49.1 Å². The van der Waals surface area contributed by atoms with Crippen molar-refractivity contribution in [1.29, 1.82) is 0 Å². The second kappa shape index (κ2) is 7.99. The summed E-state index contributed by atoms with van der Waals surface area (Å²) in [6, 6.07) is 0. The van der Waals surface area contributed by atoms with E-state index in [0.717, 1.165) is 4.90 Å². The monoisotopic (exact) mass is 337 g/mol. The van der Waals surface area contributed by atoms with Gasteiger partial charge < -0.3 is 16.0 Å². The Hall–Kier alpha value is -1.31. The number of nitrogens with one attached hydrogen (secondary N) is 1. The summed E-state index contributed by atoms with van der Waals surface area (Å²) in [6.45, 7) is 4.65. The van der Waals surface area contributed by atoms with Gasteiger partial charge in [-0.3, -0.25) is 9.59 Å². The maximum atomic E-state index is 12.4. The molecule has 23 heavy (non-hydrogen) atoms. The first-order valence-corrected chi connectivity index (χ1v) is 8.04. The van der Waals surface area contributed by atoms with Crippen LogP contribution in [0.25, 0.3) is 0 Å². The molecule has 1 rings (SSSR count). The fourth-order valence-electron chi connectivity index (χ4n) is 2.90. The molecule has 5 nitrogen and oxygen atoms in total. The average molecular weight is 337 g/mol. The van der Waals surface area contributed by atoms with E-state index in [1.54, 1.807) is 0 Å². The third-order valence-electron chi connectivity index (χ3n) is 4.92. The zero-order chi connectivity index (χ0) is 17.7. The Balaban J connectivity index is 2.45. The van der Waals surface area contributed by atoms with Gasteiger partial charge in [-0.15, -0.1) is 0 Å². The second-order valence-electron chi connectivity index (χ2n) is 6.13. The molecule has 0 aliphatic carbocycles. The molecule has 1 aliphatic heterocycles. The predicted molar refractivity (Wildman–Crippen MR) is 80.4 cm³/mol. The number of piperidine rings is 1. The van der Waals surface area contributed by atoms with Gasteiger partial charge in [0, 0.05) is 26.2 Å². The van der Waals surface area contributed by atoms with Gasteiger partial charge in [-0.25, -0.2) is 0 Å². The third-order valence-corrected chi connectivity index (χ3v) is 4.92. The summed E-state index contributed by atoms with van der Waals surface area (Å²) in [5.41, 5.74) is 5.14. The number of hydrogen-bond acceptors (Lipinski definition) is 3. The summed E-state index contributed by atoms with van der Waals surface area (Å²) in [7, 11) is 0. The van der Waals surface area contributed by atoms with Crippen molar-refractivity contribution in [2.45, 2.75) is 45.7 Å². The van der Waals surface area contributed by atoms with Crippen LogP contribution in [0.1, 0.15) is 39.5 Å². The van der Waals surface area contributed by atoms with E-state index in [4.69, 9.17) is 5.73 Å². The van der Waals surface area contributed by atoms with Crippen LogP contribution >= 0.6 is 0 Å². The number of amides is 2. The first-order chi connectivity index (χ1) is 10.7. The molecule has 0 atom stereocenters. The smallest absolute Gasteiger partial charge is 0.355 e. The Labute approximate surface area is 134 Å². The fraction of sp³-hybridized carbons (Fsp3) is 0.867. The highest BCUT2D eigenvalue weighted by Crippen LogP contribution is 2.26. The number of carbonyl (C=O) groups is 2. The van der Waals surface area contributed by atoms with E-state index < -0.39 is 17.5 Å². The molecule has 1 aliphatic rings. The Morgan fingerprint density at radius 2 is 1.70 bits per heavy atom. The zero-order valence-corrected chi connectivity index (χ0v) is 13.7. The van der Waals surface area contributed by atoms with Gasteiger partial charge in [0.2, 0.25) is 5.91 Å². The quantitative estimate of drug-likeness (QED) is 0.774. The lowest BCUT2D eigenvalue weighted by molar-refractivity contribution is -0.186. The summed E-state index contributed by atoms with van der Waals surface area (Å²) >= 11 is 0. The molecule has 0 aromatic carbocycles. The molecule has 0 bridgehead atoms. The van der Waals surface area contributed by atoms with Crippen LogP contribution in [0.5, 0.6) is 0 Å². The maximum Gasteiger partial charge on any atom is 0.471 e. The predicted octanol–water partition coefficient (Wildman–Crippen LogP) is 1.67. The second-order valence-corrected chi connectivity index (χ2v) is 6.13. The molecular weight excluding hydrogens is 311 g/mol. The van der Waals surface area contributed by atoms with Crippen molar-refractivity contribution in [3.63, 3.8) is 0 Å². The van der Waals surface area contributed by atoms with E-state index in [-0.39, 0.29) is 31.5 Å². The van der Waals surface area contributed by atoms with Crippen LogP contribution < -0.4 is 11.1 Å². The molecular formula is C15H26F3N3O2. The molecule has 0 saturated carbocycles. The highest BCUT2D eigenvalue weighted by Gasteiger charge is 2.43. The fourth-order valence-corrected chi connectivity index (χ4v) is 2.90. The Morgan fingerprint density at radius 3 is 2.09 bits per heavy atom. The molecule has 3 N–H and O–H groups in total. The molecule has 0 radical (unpaired) electrons. The number of nitrogens with two attached hydrogens (primary N) is 1. The zero-order valence-electron chi connectivity index (χ0n) is 13.7. The van der Waals surface area contributed by atoms with E-state index in [1.165, 1.54) is 0 Å². The van der Waals surface area contributed by atoms with E-state index in [9.17, 15) is 22.8 Å². The van der Waals surface area contributed by atoms with Crippen molar-refractivity contribution < 1.29 is 22.8 Å². The van der Waals surface area contributed by atoms with Crippen molar-refractivity contribution in [1.82, 2.24) is 10.2 Å². The Kier molecular flexibility index (Phi) is 6.85. The van der Waals surface area contributed by atoms with Crippen LogP contribution in [0.15, 0.2) is 0 Å². The van der Waals surface area contributed by atoms with Gasteiger partial charge >= 0.3 is 12.1 Å². The van der Waals surface area contributed by atoms with Crippen LogP contribution in [0.4, 0.5) is 13.2 Å². The summed E-state index contributed by atoms with van der Waals surface area (Å²) in [5, 5.41) is 2.88. The Morgan fingerprint density at radius 1 is 1.17 bits per heavy atom. The van der Waals surface area contributed by atoms with Crippen LogP contribution in [0.3, 0.4) is 0 Å². The lowest BCUT2D eigenvalue weighted by atomic mass is 9.81. The highest BCUT2D eigenvalue weighted by atomic mass is 19.4. The molecule has 2 amide bonds. The number of alkyl halides is 3. The molecule has 1 saturated heterocycles. The van der Waals surface area contributed by atoms with E-state index in [0.29, 0.717) is 32.2 Å². The van der Waals surface area contributed by atoms with Crippen LogP contribution in [0, 0.1) is 11.3 Å². The summed E-state index contributed by atoms with van der Waals surface area (Å²) in [4.78, 5) is 24.3. The first kappa shape index (κ1) is 19.7.